The molecule has 0 saturated carbocycles. The lowest BCUT2D eigenvalue weighted by atomic mass is 10.2. The zero-order chi connectivity index (χ0) is 9.26. The zero-order valence-electron chi connectivity index (χ0n) is 6.70. The number of nitrogens with zero attached hydrogens (tertiary/aromatic N) is 2. The van der Waals surface area contributed by atoms with E-state index in [1.807, 2.05) is 0 Å². The second-order valence-electron chi connectivity index (χ2n) is 2.51. The number of hydrogen-bond acceptors (Lipinski definition) is 3. The molecule has 0 spiro atoms. The highest BCUT2D eigenvalue weighted by Gasteiger charge is 2.04. The summed E-state index contributed by atoms with van der Waals surface area (Å²) in [5.41, 5.74) is 0.684. The van der Waals surface area contributed by atoms with Crippen LogP contribution in [0.3, 0.4) is 0 Å². The molecule has 0 amide bonds. The van der Waals surface area contributed by atoms with Crippen molar-refractivity contribution < 1.29 is 8.81 Å². The van der Waals surface area contributed by atoms with Gasteiger partial charge in [-0.1, -0.05) is 0 Å². The van der Waals surface area contributed by atoms with E-state index in [1.165, 1.54) is 12.1 Å². The van der Waals surface area contributed by atoms with Gasteiger partial charge >= 0.3 is 0 Å². The van der Waals surface area contributed by atoms with E-state index in [9.17, 15) is 4.39 Å². The third-order valence-electron chi connectivity index (χ3n) is 1.56. The topological polar surface area (TPSA) is 38.9 Å². The van der Waals surface area contributed by atoms with Crippen LogP contribution >= 0.6 is 0 Å². The third kappa shape index (κ3) is 1.56. The molecule has 4 heteroatoms. The fourth-order valence-electron chi connectivity index (χ4n) is 0.963. The molecule has 65 valence electrons. The smallest absolute Gasteiger partial charge is 0.247 e. The summed E-state index contributed by atoms with van der Waals surface area (Å²) >= 11 is 0. The van der Waals surface area contributed by atoms with Gasteiger partial charge in [0.2, 0.25) is 11.8 Å². The molecule has 0 fully saturated rings. The van der Waals surface area contributed by atoms with Crippen molar-refractivity contribution in [3.8, 4) is 11.5 Å². The summed E-state index contributed by atoms with van der Waals surface area (Å²) in [5, 5.41) is 7.31. The van der Waals surface area contributed by atoms with Gasteiger partial charge in [0.1, 0.15) is 5.82 Å². The average Bonchev–Trinajstić information content (AvgIpc) is 2.53. The van der Waals surface area contributed by atoms with Crippen LogP contribution in [0.4, 0.5) is 4.39 Å². The molecule has 0 aliphatic heterocycles. The molecule has 2 aromatic rings. The van der Waals surface area contributed by atoms with Crippen LogP contribution in [0.15, 0.2) is 28.7 Å². The van der Waals surface area contributed by atoms with E-state index in [4.69, 9.17) is 4.42 Å². The van der Waals surface area contributed by atoms with E-state index in [2.05, 4.69) is 17.1 Å². The van der Waals surface area contributed by atoms with Crippen LogP contribution < -0.4 is 0 Å². The van der Waals surface area contributed by atoms with Crippen LogP contribution in [-0.2, 0) is 0 Å². The minimum atomic E-state index is -0.293. The Bertz CT molecular complexity index is 408. The number of benzene rings is 1. The second kappa shape index (κ2) is 2.97. The lowest BCUT2D eigenvalue weighted by molar-refractivity contribution is 0.548. The Morgan fingerprint density at radius 1 is 1.15 bits per heavy atom. The highest BCUT2D eigenvalue weighted by atomic mass is 19.1. The predicted molar refractivity (Wildman–Crippen MR) is 44.2 cm³/mol. The molecular weight excluding hydrogens is 171 g/mol. The highest BCUT2D eigenvalue weighted by molar-refractivity contribution is 5.51. The van der Waals surface area contributed by atoms with Gasteiger partial charge < -0.3 is 4.42 Å². The van der Waals surface area contributed by atoms with Crippen molar-refractivity contribution in [3.05, 3.63) is 42.9 Å². The fourth-order valence-corrected chi connectivity index (χ4v) is 0.963. The van der Waals surface area contributed by atoms with E-state index in [-0.39, 0.29) is 11.7 Å². The standard InChI is InChI=1S/C9H6FN2O/c1-6-11-12-9(13-6)7-2-4-8(10)5-3-7/h2-5H,1H2. The molecule has 0 N–H and O–H groups in total. The number of rotatable bonds is 1. The van der Waals surface area contributed by atoms with E-state index < -0.39 is 0 Å². The molecule has 0 bridgehead atoms. The Morgan fingerprint density at radius 2 is 1.85 bits per heavy atom. The van der Waals surface area contributed by atoms with Crippen LogP contribution in [0.1, 0.15) is 5.89 Å². The summed E-state index contributed by atoms with van der Waals surface area (Å²) < 4.78 is 17.6. The van der Waals surface area contributed by atoms with Gasteiger partial charge in [-0.05, 0) is 24.3 Å². The van der Waals surface area contributed by atoms with Crippen molar-refractivity contribution >= 4 is 0 Å². The van der Waals surface area contributed by atoms with Gasteiger partial charge in [0.25, 0.3) is 0 Å². The number of hydrogen-bond donors (Lipinski definition) is 0. The minimum absolute atomic E-state index is 0.249. The molecule has 1 heterocycles. The average molecular weight is 177 g/mol. The normalized spacial score (nSPS) is 10.3. The van der Waals surface area contributed by atoms with Gasteiger partial charge in [-0.3, -0.25) is 0 Å². The Hall–Kier alpha value is -1.71. The molecule has 2 rings (SSSR count). The summed E-state index contributed by atoms with van der Waals surface area (Å²) in [7, 11) is 0. The van der Waals surface area contributed by atoms with Gasteiger partial charge in [0, 0.05) is 12.5 Å². The summed E-state index contributed by atoms with van der Waals surface area (Å²) in [6.07, 6.45) is 0. The second-order valence-corrected chi connectivity index (χ2v) is 2.51. The third-order valence-corrected chi connectivity index (χ3v) is 1.56. The number of aromatic nitrogens is 2. The van der Waals surface area contributed by atoms with E-state index in [1.54, 1.807) is 12.1 Å². The lowest BCUT2D eigenvalue weighted by Gasteiger charge is -1.92. The minimum Gasteiger partial charge on any atom is -0.421 e. The molecule has 3 nitrogen and oxygen atoms in total. The Morgan fingerprint density at radius 3 is 2.38 bits per heavy atom. The van der Waals surface area contributed by atoms with Crippen molar-refractivity contribution in [1.82, 2.24) is 10.2 Å². The first-order valence-electron chi connectivity index (χ1n) is 3.67. The molecule has 0 atom stereocenters. The Balaban J connectivity index is 2.41. The van der Waals surface area contributed by atoms with E-state index in [0.717, 1.165) is 0 Å². The van der Waals surface area contributed by atoms with Gasteiger partial charge in [0.15, 0.2) is 0 Å². The maximum absolute atomic E-state index is 12.5. The molecule has 13 heavy (non-hydrogen) atoms. The van der Waals surface area contributed by atoms with Crippen molar-refractivity contribution in [2.75, 3.05) is 0 Å². The van der Waals surface area contributed by atoms with Crippen molar-refractivity contribution in [2.24, 2.45) is 0 Å². The lowest BCUT2D eigenvalue weighted by Crippen LogP contribution is -1.78. The first-order chi connectivity index (χ1) is 6.25. The van der Waals surface area contributed by atoms with Crippen LogP contribution in [0.2, 0.25) is 0 Å². The molecule has 1 radical (unpaired) electrons. The summed E-state index contributed by atoms with van der Waals surface area (Å²) in [5.74, 6) is 0.308. The SMILES string of the molecule is [CH2]c1nnc(-c2ccc(F)cc2)o1. The van der Waals surface area contributed by atoms with Gasteiger partial charge in [-0.15, -0.1) is 10.2 Å². The Labute approximate surface area is 74.2 Å². The fraction of sp³-hybridized carbons (Fsp3) is 0. The zero-order valence-corrected chi connectivity index (χ0v) is 6.70. The molecule has 0 aliphatic carbocycles. The monoisotopic (exact) mass is 177 g/mol. The van der Waals surface area contributed by atoms with E-state index >= 15 is 0 Å². The summed E-state index contributed by atoms with van der Waals surface area (Å²) in [6, 6.07) is 5.81. The largest absolute Gasteiger partial charge is 0.421 e. The molecular formula is C9H6FN2O. The number of halogens is 1. The predicted octanol–water partition coefficient (Wildman–Crippen LogP) is 2.06. The van der Waals surface area contributed by atoms with Crippen molar-refractivity contribution in [2.45, 2.75) is 0 Å². The molecule has 0 aliphatic rings. The van der Waals surface area contributed by atoms with Crippen LogP contribution in [0.25, 0.3) is 11.5 Å². The molecule has 0 saturated heterocycles. The van der Waals surface area contributed by atoms with Crippen LogP contribution in [0, 0.1) is 12.7 Å². The first-order valence-corrected chi connectivity index (χ1v) is 3.67. The molecule has 0 unspecified atom stereocenters. The highest BCUT2D eigenvalue weighted by Crippen LogP contribution is 2.17. The van der Waals surface area contributed by atoms with Crippen molar-refractivity contribution in [1.29, 1.82) is 0 Å². The van der Waals surface area contributed by atoms with Gasteiger partial charge in [-0.2, -0.15) is 0 Å². The van der Waals surface area contributed by atoms with Crippen molar-refractivity contribution in [3.63, 3.8) is 0 Å². The summed E-state index contributed by atoms with van der Waals surface area (Å²) in [6.45, 7) is 3.47. The van der Waals surface area contributed by atoms with Gasteiger partial charge in [-0.25, -0.2) is 4.39 Å². The maximum atomic E-state index is 12.5. The maximum Gasteiger partial charge on any atom is 0.247 e. The van der Waals surface area contributed by atoms with E-state index in [0.29, 0.717) is 11.5 Å². The quantitative estimate of drug-likeness (QED) is 0.669. The van der Waals surface area contributed by atoms with Crippen LogP contribution in [-0.4, -0.2) is 10.2 Å². The first kappa shape index (κ1) is 7.91. The summed E-state index contributed by atoms with van der Waals surface area (Å²) in [4.78, 5) is 0. The molecule has 1 aromatic carbocycles. The van der Waals surface area contributed by atoms with Gasteiger partial charge in [0.05, 0.1) is 0 Å². The molecule has 1 aromatic heterocycles. The Kier molecular flexibility index (Phi) is 1.81. The van der Waals surface area contributed by atoms with Crippen LogP contribution in [0.5, 0.6) is 0 Å².